The average molecular weight is 457 g/mol. The van der Waals surface area contributed by atoms with E-state index < -0.39 is 5.60 Å². The van der Waals surface area contributed by atoms with E-state index in [9.17, 15) is 4.79 Å². The second-order valence-corrected chi connectivity index (χ2v) is 8.06. The second-order valence-electron chi connectivity index (χ2n) is 6.33. The molecule has 1 unspecified atom stereocenters. The largest absolute Gasteiger partial charge is 0.465 e. The number of benzene rings is 2. The van der Waals surface area contributed by atoms with Crippen LogP contribution >= 0.6 is 39.1 Å². The maximum atomic E-state index is 11.8. The van der Waals surface area contributed by atoms with E-state index in [-0.39, 0.29) is 5.97 Å². The van der Waals surface area contributed by atoms with E-state index in [1.165, 1.54) is 7.11 Å². The zero-order chi connectivity index (χ0) is 19.1. The van der Waals surface area contributed by atoms with Crippen molar-refractivity contribution in [2.45, 2.75) is 25.9 Å². The number of aryl methyl sites for hydroxylation is 1. The SMILES string of the molecule is COC(=O)c1cc(Br)c(C2=NOC(C)(c3cc(Cl)cc(Cl)c3)C2)cc1C. The van der Waals surface area contributed by atoms with Crippen molar-refractivity contribution in [3.63, 3.8) is 0 Å². The van der Waals surface area contributed by atoms with Gasteiger partial charge in [0.2, 0.25) is 0 Å². The van der Waals surface area contributed by atoms with Crippen molar-refractivity contribution in [3.8, 4) is 0 Å². The van der Waals surface area contributed by atoms with Crippen LogP contribution in [0.4, 0.5) is 0 Å². The zero-order valence-corrected chi connectivity index (χ0v) is 17.5. The molecule has 3 rings (SSSR count). The van der Waals surface area contributed by atoms with Gasteiger partial charge >= 0.3 is 5.97 Å². The fourth-order valence-electron chi connectivity index (χ4n) is 2.93. The van der Waals surface area contributed by atoms with Crippen LogP contribution in [0, 0.1) is 6.92 Å². The molecule has 0 bridgehead atoms. The van der Waals surface area contributed by atoms with Crippen LogP contribution in [0.25, 0.3) is 0 Å². The highest BCUT2D eigenvalue weighted by atomic mass is 79.9. The van der Waals surface area contributed by atoms with Crippen LogP contribution in [0.3, 0.4) is 0 Å². The molecule has 0 spiro atoms. The van der Waals surface area contributed by atoms with Crippen LogP contribution in [0.2, 0.25) is 10.0 Å². The molecule has 0 aromatic heterocycles. The number of carbonyl (C=O) groups excluding carboxylic acids is 1. The Bertz CT molecular complexity index is 909. The van der Waals surface area contributed by atoms with Gasteiger partial charge in [-0.3, -0.25) is 0 Å². The summed E-state index contributed by atoms with van der Waals surface area (Å²) in [6, 6.07) is 8.97. The number of ether oxygens (including phenoxy) is 1. The van der Waals surface area contributed by atoms with Gasteiger partial charge in [0.1, 0.15) is 0 Å². The molecule has 1 atom stereocenters. The lowest BCUT2D eigenvalue weighted by atomic mass is 9.88. The topological polar surface area (TPSA) is 47.9 Å². The molecule has 0 amide bonds. The molecule has 136 valence electrons. The summed E-state index contributed by atoms with van der Waals surface area (Å²) in [5.41, 5.74) is 3.14. The van der Waals surface area contributed by atoms with E-state index in [1.807, 2.05) is 32.0 Å². The van der Waals surface area contributed by atoms with Gasteiger partial charge in [-0.15, -0.1) is 0 Å². The minimum atomic E-state index is -0.668. The molecule has 4 nitrogen and oxygen atoms in total. The van der Waals surface area contributed by atoms with Crippen molar-refractivity contribution < 1.29 is 14.4 Å². The quantitative estimate of drug-likeness (QED) is 0.541. The van der Waals surface area contributed by atoms with E-state index in [4.69, 9.17) is 32.8 Å². The molecule has 2 aromatic carbocycles. The fourth-order valence-corrected chi connectivity index (χ4v) is 4.03. The van der Waals surface area contributed by atoms with Crippen LogP contribution in [0.15, 0.2) is 40.0 Å². The summed E-state index contributed by atoms with van der Waals surface area (Å²) in [6.07, 6.45) is 0.541. The van der Waals surface area contributed by atoms with Crippen LogP contribution in [0.1, 0.15) is 40.4 Å². The number of nitrogens with zero attached hydrogens (tertiary/aromatic N) is 1. The summed E-state index contributed by atoms with van der Waals surface area (Å²) in [6.45, 7) is 3.80. The van der Waals surface area contributed by atoms with Gasteiger partial charge in [0.05, 0.1) is 18.4 Å². The van der Waals surface area contributed by atoms with Gasteiger partial charge in [0.15, 0.2) is 5.60 Å². The van der Waals surface area contributed by atoms with E-state index in [0.717, 1.165) is 26.9 Å². The molecule has 0 aliphatic carbocycles. The first-order valence-electron chi connectivity index (χ1n) is 7.84. The number of oxime groups is 1. The lowest BCUT2D eigenvalue weighted by molar-refractivity contribution is -0.00737. The third kappa shape index (κ3) is 3.61. The van der Waals surface area contributed by atoms with Crippen molar-refractivity contribution in [2.24, 2.45) is 5.16 Å². The summed E-state index contributed by atoms with van der Waals surface area (Å²) in [7, 11) is 1.36. The van der Waals surface area contributed by atoms with E-state index in [2.05, 4.69) is 21.1 Å². The van der Waals surface area contributed by atoms with E-state index in [1.54, 1.807) is 12.1 Å². The van der Waals surface area contributed by atoms with Gasteiger partial charge in [-0.2, -0.15) is 0 Å². The molecule has 0 saturated carbocycles. The van der Waals surface area contributed by atoms with Crippen molar-refractivity contribution in [1.29, 1.82) is 0 Å². The number of hydrogen-bond acceptors (Lipinski definition) is 4. The third-order valence-electron chi connectivity index (χ3n) is 4.37. The Morgan fingerprint density at radius 2 is 1.88 bits per heavy atom. The highest BCUT2D eigenvalue weighted by molar-refractivity contribution is 9.10. The van der Waals surface area contributed by atoms with Crippen LogP contribution in [-0.2, 0) is 15.2 Å². The average Bonchev–Trinajstić information content (AvgIpc) is 2.98. The zero-order valence-electron chi connectivity index (χ0n) is 14.4. The summed E-state index contributed by atoms with van der Waals surface area (Å²) in [4.78, 5) is 17.6. The Balaban J connectivity index is 1.93. The Hall–Kier alpha value is -1.56. The highest BCUT2D eigenvalue weighted by Gasteiger charge is 2.37. The lowest BCUT2D eigenvalue weighted by Crippen LogP contribution is -2.22. The number of hydrogen-bond donors (Lipinski definition) is 0. The molecular weight excluding hydrogens is 441 g/mol. The highest BCUT2D eigenvalue weighted by Crippen LogP contribution is 2.39. The van der Waals surface area contributed by atoms with Crippen molar-refractivity contribution in [2.75, 3.05) is 7.11 Å². The molecule has 0 fully saturated rings. The predicted molar refractivity (Wildman–Crippen MR) is 106 cm³/mol. The minimum Gasteiger partial charge on any atom is -0.465 e. The van der Waals surface area contributed by atoms with Gasteiger partial charge < -0.3 is 9.57 Å². The number of rotatable bonds is 3. The van der Waals surface area contributed by atoms with E-state index >= 15 is 0 Å². The predicted octanol–water partition coefficient (Wildman–Crippen LogP) is 5.89. The standard InChI is InChI=1S/C19H16BrCl2NO3/c1-10-4-15(16(20)8-14(10)18(24)25-3)17-9-19(2,26-23-17)11-5-12(21)7-13(22)6-11/h4-8H,9H2,1-3H3. The maximum Gasteiger partial charge on any atom is 0.338 e. The van der Waals surface area contributed by atoms with E-state index in [0.29, 0.717) is 22.0 Å². The number of halogens is 3. The molecular formula is C19H16BrCl2NO3. The van der Waals surface area contributed by atoms with Gasteiger partial charge in [0, 0.05) is 32.1 Å². The van der Waals surface area contributed by atoms with Crippen LogP contribution in [-0.4, -0.2) is 18.8 Å². The monoisotopic (exact) mass is 455 g/mol. The second kappa shape index (κ2) is 7.22. The molecule has 1 aliphatic heterocycles. The number of carbonyl (C=O) groups is 1. The summed E-state index contributed by atoms with van der Waals surface area (Å²) in [5.74, 6) is -0.377. The first kappa shape index (κ1) is 19.2. The molecule has 2 aromatic rings. The Morgan fingerprint density at radius 1 is 1.23 bits per heavy atom. The van der Waals surface area contributed by atoms with Gasteiger partial charge in [-0.05, 0) is 49.7 Å². The van der Waals surface area contributed by atoms with Crippen LogP contribution < -0.4 is 0 Å². The fraction of sp³-hybridized carbons (Fsp3) is 0.263. The lowest BCUT2D eigenvalue weighted by Gasteiger charge is -2.22. The minimum absolute atomic E-state index is 0.377. The smallest absolute Gasteiger partial charge is 0.338 e. The Labute approximate surface area is 170 Å². The number of esters is 1. The molecule has 0 saturated heterocycles. The molecule has 7 heteroatoms. The van der Waals surface area contributed by atoms with Gasteiger partial charge in [-0.25, -0.2) is 4.79 Å². The first-order chi connectivity index (χ1) is 12.2. The molecule has 26 heavy (non-hydrogen) atoms. The molecule has 1 aliphatic rings. The normalized spacial score (nSPS) is 19.1. The Morgan fingerprint density at radius 3 is 2.50 bits per heavy atom. The van der Waals surface area contributed by atoms with Gasteiger partial charge in [0.25, 0.3) is 0 Å². The summed E-state index contributed by atoms with van der Waals surface area (Å²) < 4.78 is 5.56. The van der Waals surface area contributed by atoms with Crippen molar-refractivity contribution in [3.05, 3.63) is 67.1 Å². The summed E-state index contributed by atoms with van der Waals surface area (Å²) in [5, 5.41) is 5.37. The summed E-state index contributed by atoms with van der Waals surface area (Å²) >= 11 is 15.8. The third-order valence-corrected chi connectivity index (χ3v) is 5.46. The molecule has 1 heterocycles. The first-order valence-corrected chi connectivity index (χ1v) is 9.39. The Kier molecular flexibility index (Phi) is 5.33. The number of methoxy groups -OCH3 is 1. The van der Waals surface area contributed by atoms with Gasteiger partial charge in [-0.1, -0.05) is 44.3 Å². The van der Waals surface area contributed by atoms with Crippen molar-refractivity contribution in [1.82, 2.24) is 0 Å². The maximum absolute atomic E-state index is 11.8. The van der Waals surface area contributed by atoms with Crippen LogP contribution in [0.5, 0.6) is 0 Å². The van der Waals surface area contributed by atoms with Crippen molar-refractivity contribution >= 4 is 50.8 Å². The molecule has 0 N–H and O–H groups in total. The molecule has 0 radical (unpaired) electrons.